The van der Waals surface area contributed by atoms with E-state index in [1.165, 1.54) is 0 Å². The van der Waals surface area contributed by atoms with E-state index >= 15 is 0 Å². The molecule has 0 saturated heterocycles. The molecule has 0 amide bonds. The molecular weight excluding hydrogens is 432 g/mol. The van der Waals surface area contributed by atoms with E-state index < -0.39 is 11.6 Å². The van der Waals surface area contributed by atoms with Crippen LogP contribution in [-0.2, 0) is 15.1 Å². The molecule has 0 saturated carbocycles. The lowest BCUT2D eigenvalue weighted by molar-refractivity contribution is -0.144. The minimum atomic E-state index is -0.748. The maximum absolute atomic E-state index is 12.3. The highest BCUT2D eigenvalue weighted by Gasteiger charge is 2.36. The first-order valence-corrected chi connectivity index (χ1v) is 11.1. The Kier molecular flexibility index (Phi) is 9.04. The largest absolute Gasteiger partial charge is 0.497 e. The maximum Gasteiger partial charge on any atom is 0.307 e. The minimum absolute atomic E-state index is 0.0177. The predicted molar refractivity (Wildman–Crippen MR) is 131 cm³/mol. The third kappa shape index (κ3) is 5.94. The molecular formula is C27H32N2O5. The summed E-state index contributed by atoms with van der Waals surface area (Å²) >= 11 is 0. The van der Waals surface area contributed by atoms with Crippen LogP contribution in [0.5, 0.6) is 11.5 Å². The highest BCUT2D eigenvalue weighted by molar-refractivity contribution is 5.69. The summed E-state index contributed by atoms with van der Waals surface area (Å²) in [4.78, 5) is 12.3. The molecule has 0 aliphatic carbocycles. The monoisotopic (exact) mass is 464 g/mol. The lowest BCUT2D eigenvalue weighted by Gasteiger charge is -2.37. The first-order valence-electron chi connectivity index (χ1n) is 11.1. The number of nitrogens with one attached hydrogen (secondary N) is 1. The van der Waals surface area contributed by atoms with E-state index in [1.807, 2.05) is 66.7 Å². The third-order valence-corrected chi connectivity index (χ3v) is 5.67. The summed E-state index contributed by atoms with van der Waals surface area (Å²) in [6.07, 6.45) is 0.138. The van der Waals surface area contributed by atoms with Crippen molar-refractivity contribution in [2.75, 3.05) is 34.0 Å². The van der Waals surface area contributed by atoms with Crippen molar-refractivity contribution in [3.8, 4) is 11.5 Å². The number of ether oxygens (including phenoxy) is 3. The standard InChI is InChI=1S/C27H32N2O5/c1-32-24-12-8-21(9-13-24)27(20-6-4-3-5-7-20,22-10-14-25(33-2)15-11-22)29-17-16-26(31)34-19-23(28)18-30/h3-15,23,29-30H,16-19,28H2,1-2H3/t23-/m1/s1. The summed E-state index contributed by atoms with van der Waals surface area (Å²) in [5.41, 5.74) is 7.87. The fourth-order valence-corrected chi connectivity index (χ4v) is 3.85. The van der Waals surface area contributed by atoms with Crippen molar-refractivity contribution in [1.82, 2.24) is 5.32 Å². The number of carbonyl (C=O) groups excluding carboxylic acids is 1. The number of carbonyl (C=O) groups is 1. The molecule has 4 N–H and O–H groups in total. The Morgan fingerprint density at radius 3 is 1.85 bits per heavy atom. The van der Waals surface area contributed by atoms with Crippen LogP contribution in [0.2, 0.25) is 0 Å². The Morgan fingerprint density at radius 2 is 1.38 bits per heavy atom. The Labute approximate surface area is 200 Å². The van der Waals surface area contributed by atoms with Crippen molar-refractivity contribution in [2.24, 2.45) is 5.73 Å². The van der Waals surface area contributed by atoms with Gasteiger partial charge in [0.2, 0.25) is 0 Å². The molecule has 3 aromatic carbocycles. The van der Waals surface area contributed by atoms with Gasteiger partial charge >= 0.3 is 5.97 Å². The summed E-state index contributed by atoms with van der Waals surface area (Å²) in [7, 11) is 3.27. The molecule has 0 radical (unpaired) electrons. The van der Waals surface area contributed by atoms with Gasteiger partial charge in [0.15, 0.2) is 0 Å². The normalized spacial score (nSPS) is 12.1. The van der Waals surface area contributed by atoms with E-state index in [1.54, 1.807) is 14.2 Å². The van der Waals surface area contributed by atoms with Gasteiger partial charge in [-0.3, -0.25) is 10.1 Å². The van der Waals surface area contributed by atoms with Crippen molar-refractivity contribution in [2.45, 2.75) is 18.0 Å². The molecule has 7 nitrogen and oxygen atoms in total. The summed E-state index contributed by atoms with van der Waals surface area (Å²) < 4.78 is 15.9. The van der Waals surface area contributed by atoms with E-state index in [9.17, 15) is 4.79 Å². The number of rotatable bonds is 12. The molecule has 1 atom stereocenters. The lowest BCUT2D eigenvalue weighted by Crippen LogP contribution is -2.45. The predicted octanol–water partition coefficient (Wildman–Crippen LogP) is 2.84. The van der Waals surface area contributed by atoms with Gasteiger partial charge in [-0.25, -0.2) is 0 Å². The van der Waals surface area contributed by atoms with Gasteiger partial charge in [-0.2, -0.15) is 0 Å². The number of nitrogens with two attached hydrogens (primary N) is 1. The van der Waals surface area contributed by atoms with Crippen LogP contribution in [0.4, 0.5) is 0 Å². The van der Waals surface area contributed by atoms with Crippen molar-refractivity contribution < 1.29 is 24.1 Å². The molecule has 0 unspecified atom stereocenters. The quantitative estimate of drug-likeness (QED) is 0.280. The van der Waals surface area contributed by atoms with Gasteiger partial charge in [0.05, 0.1) is 38.8 Å². The van der Waals surface area contributed by atoms with Crippen LogP contribution in [0, 0.1) is 0 Å². The summed E-state index contributed by atoms with van der Waals surface area (Å²) in [6, 6.07) is 25.2. The molecule has 34 heavy (non-hydrogen) atoms. The fraction of sp³-hybridized carbons (Fsp3) is 0.296. The van der Waals surface area contributed by atoms with Gasteiger partial charge in [-0.05, 0) is 41.0 Å². The molecule has 3 aromatic rings. The number of methoxy groups -OCH3 is 2. The SMILES string of the molecule is COc1ccc(C(NCCC(=O)OC[C@H](N)CO)(c2ccccc2)c2ccc(OC)cc2)cc1. The number of benzene rings is 3. The number of hydrogen-bond donors (Lipinski definition) is 3. The van der Waals surface area contributed by atoms with Crippen LogP contribution in [0.1, 0.15) is 23.1 Å². The molecule has 0 bridgehead atoms. The average molecular weight is 465 g/mol. The maximum atomic E-state index is 12.3. The van der Waals surface area contributed by atoms with E-state index in [2.05, 4.69) is 17.4 Å². The van der Waals surface area contributed by atoms with Crippen LogP contribution in [0.3, 0.4) is 0 Å². The van der Waals surface area contributed by atoms with E-state index in [0.717, 1.165) is 28.2 Å². The zero-order chi connectivity index (χ0) is 24.4. The van der Waals surface area contributed by atoms with Crippen molar-refractivity contribution in [3.63, 3.8) is 0 Å². The number of hydrogen-bond acceptors (Lipinski definition) is 7. The van der Waals surface area contributed by atoms with Crippen LogP contribution >= 0.6 is 0 Å². The summed E-state index contributed by atoms with van der Waals surface area (Å²) in [5, 5.41) is 12.7. The minimum Gasteiger partial charge on any atom is -0.497 e. The topological polar surface area (TPSA) is 103 Å². The second-order valence-electron chi connectivity index (χ2n) is 7.88. The highest BCUT2D eigenvalue weighted by atomic mass is 16.5. The second kappa shape index (κ2) is 12.2. The molecule has 0 fully saturated rings. The Balaban J connectivity index is 1.99. The lowest BCUT2D eigenvalue weighted by atomic mass is 9.77. The van der Waals surface area contributed by atoms with Crippen molar-refractivity contribution >= 4 is 5.97 Å². The highest BCUT2D eigenvalue weighted by Crippen LogP contribution is 2.38. The Hall–Kier alpha value is -3.39. The van der Waals surface area contributed by atoms with Gasteiger partial charge < -0.3 is 25.1 Å². The average Bonchev–Trinajstić information content (AvgIpc) is 2.90. The van der Waals surface area contributed by atoms with Gasteiger partial charge in [0.25, 0.3) is 0 Å². The zero-order valence-corrected chi connectivity index (χ0v) is 19.6. The van der Waals surface area contributed by atoms with Crippen LogP contribution in [0.15, 0.2) is 78.9 Å². The number of aliphatic hydroxyl groups excluding tert-OH is 1. The van der Waals surface area contributed by atoms with Gasteiger partial charge in [0.1, 0.15) is 18.1 Å². The van der Waals surface area contributed by atoms with Gasteiger partial charge in [-0.15, -0.1) is 0 Å². The molecule has 7 heteroatoms. The molecule has 0 spiro atoms. The number of esters is 1. The number of aliphatic hydroxyl groups is 1. The first-order chi connectivity index (χ1) is 16.5. The van der Waals surface area contributed by atoms with E-state index in [0.29, 0.717) is 6.54 Å². The summed E-state index contributed by atoms with van der Waals surface area (Å²) in [6.45, 7) is 0.0911. The Morgan fingerprint density at radius 1 is 0.882 bits per heavy atom. The van der Waals surface area contributed by atoms with Gasteiger partial charge in [0, 0.05) is 6.54 Å². The second-order valence-corrected chi connectivity index (χ2v) is 7.88. The summed E-state index contributed by atoms with van der Waals surface area (Å²) in [5.74, 6) is 1.12. The fourth-order valence-electron chi connectivity index (χ4n) is 3.85. The van der Waals surface area contributed by atoms with Crippen molar-refractivity contribution in [1.29, 1.82) is 0 Å². The van der Waals surface area contributed by atoms with Crippen LogP contribution in [0.25, 0.3) is 0 Å². The molecule has 3 rings (SSSR count). The molecule has 0 aliphatic rings. The smallest absolute Gasteiger partial charge is 0.307 e. The van der Waals surface area contributed by atoms with Crippen molar-refractivity contribution in [3.05, 3.63) is 95.6 Å². The molecule has 180 valence electrons. The van der Waals surface area contributed by atoms with Gasteiger partial charge in [-0.1, -0.05) is 54.6 Å². The van der Waals surface area contributed by atoms with E-state index in [-0.39, 0.29) is 25.6 Å². The van der Waals surface area contributed by atoms with Crippen LogP contribution < -0.4 is 20.5 Å². The molecule has 0 heterocycles. The Bertz CT molecular complexity index is 976. The third-order valence-electron chi connectivity index (χ3n) is 5.67. The molecule has 0 aliphatic heterocycles. The zero-order valence-electron chi connectivity index (χ0n) is 19.6. The molecule has 0 aromatic heterocycles. The first kappa shape index (κ1) is 25.2. The van der Waals surface area contributed by atoms with Crippen LogP contribution in [-0.4, -0.2) is 51.1 Å². The van der Waals surface area contributed by atoms with E-state index in [4.69, 9.17) is 25.1 Å².